The topological polar surface area (TPSA) is 24.1 Å². The molecule has 0 saturated carbocycles. The van der Waals surface area contributed by atoms with Crippen LogP contribution >= 0.6 is 11.6 Å². The Morgan fingerprint density at radius 1 is 0.900 bits per heavy atom. The van der Waals surface area contributed by atoms with Gasteiger partial charge in [0, 0.05) is 29.5 Å². The summed E-state index contributed by atoms with van der Waals surface area (Å²) in [5.74, 6) is 0. The molecule has 0 atom stereocenters. The molecule has 0 radical (unpaired) electrons. The molecule has 2 N–H and O–H groups in total. The van der Waals surface area contributed by atoms with Crippen LogP contribution in [-0.2, 0) is 0 Å². The summed E-state index contributed by atoms with van der Waals surface area (Å²) in [5, 5.41) is 7.63. The zero-order valence-corrected chi connectivity index (χ0v) is 13.0. The smallest absolute Gasteiger partial charge is 0.0455 e. The van der Waals surface area contributed by atoms with Crippen LogP contribution in [0.15, 0.2) is 36.4 Å². The largest absolute Gasteiger partial charge is 0.383 e. The third-order valence-corrected chi connectivity index (χ3v) is 3.95. The van der Waals surface area contributed by atoms with E-state index in [0.717, 1.165) is 35.1 Å². The Morgan fingerprint density at radius 2 is 1.65 bits per heavy atom. The van der Waals surface area contributed by atoms with Crippen LogP contribution in [0.1, 0.15) is 16.7 Å². The van der Waals surface area contributed by atoms with Gasteiger partial charge in [-0.05, 0) is 61.7 Å². The average molecular weight is 289 g/mol. The van der Waals surface area contributed by atoms with Crippen LogP contribution < -0.4 is 10.6 Å². The Labute approximate surface area is 126 Å². The monoisotopic (exact) mass is 288 g/mol. The van der Waals surface area contributed by atoms with Crippen molar-refractivity contribution < 1.29 is 0 Å². The van der Waals surface area contributed by atoms with Crippen LogP contribution in [0, 0.1) is 20.8 Å². The molecule has 0 aromatic heterocycles. The van der Waals surface area contributed by atoms with Gasteiger partial charge in [0.15, 0.2) is 0 Å². The summed E-state index contributed by atoms with van der Waals surface area (Å²) >= 11 is 6.10. The van der Waals surface area contributed by atoms with Crippen LogP contribution in [0.4, 0.5) is 11.4 Å². The van der Waals surface area contributed by atoms with Crippen LogP contribution in [0.3, 0.4) is 0 Å². The molecule has 0 unspecified atom stereocenters. The molecule has 0 amide bonds. The lowest BCUT2D eigenvalue weighted by Crippen LogP contribution is -2.14. The summed E-state index contributed by atoms with van der Waals surface area (Å²) < 4.78 is 0. The van der Waals surface area contributed by atoms with Gasteiger partial charge in [-0.2, -0.15) is 0 Å². The highest BCUT2D eigenvalue weighted by molar-refractivity contribution is 6.31. The summed E-state index contributed by atoms with van der Waals surface area (Å²) in [7, 11) is 0. The molecule has 106 valence electrons. The van der Waals surface area contributed by atoms with Gasteiger partial charge in [0.25, 0.3) is 0 Å². The molecule has 0 aliphatic carbocycles. The molecule has 2 aromatic carbocycles. The number of rotatable bonds is 5. The summed E-state index contributed by atoms with van der Waals surface area (Å²) in [6, 6.07) is 12.4. The van der Waals surface area contributed by atoms with Gasteiger partial charge >= 0.3 is 0 Å². The molecule has 0 heterocycles. The molecule has 2 nitrogen and oxygen atoms in total. The number of aryl methyl sites for hydroxylation is 2. The maximum absolute atomic E-state index is 6.10. The van der Waals surface area contributed by atoms with E-state index < -0.39 is 0 Å². The van der Waals surface area contributed by atoms with Crippen molar-refractivity contribution in [1.82, 2.24) is 0 Å². The first kappa shape index (κ1) is 14.7. The van der Waals surface area contributed by atoms with Gasteiger partial charge in [0.2, 0.25) is 0 Å². The first-order chi connectivity index (χ1) is 9.58. The second-order valence-corrected chi connectivity index (χ2v) is 5.47. The van der Waals surface area contributed by atoms with E-state index in [1.165, 1.54) is 11.1 Å². The molecule has 20 heavy (non-hydrogen) atoms. The van der Waals surface area contributed by atoms with Crippen LogP contribution in [0.25, 0.3) is 0 Å². The van der Waals surface area contributed by atoms with Crippen molar-refractivity contribution in [3.63, 3.8) is 0 Å². The van der Waals surface area contributed by atoms with Crippen molar-refractivity contribution in [1.29, 1.82) is 0 Å². The molecule has 0 bridgehead atoms. The van der Waals surface area contributed by atoms with Gasteiger partial charge in [-0.25, -0.2) is 0 Å². The molecular weight excluding hydrogens is 268 g/mol. The zero-order chi connectivity index (χ0) is 14.5. The maximum atomic E-state index is 6.10. The lowest BCUT2D eigenvalue weighted by Gasteiger charge is -2.12. The van der Waals surface area contributed by atoms with Crippen molar-refractivity contribution in [3.8, 4) is 0 Å². The van der Waals surface area contributed by atoms with Crippen molar-refractivity contribution >= 4 is 23.0 Å². The minimum Gasteiger partial charge on any atom is -0.383 e. The lowest BCUT2D eigenvalue weighted by molar-refractivity contribution is 1.07. The fourth-order valence-electron chi connectivity index (χ4n) is 2.05. The van der Waals surface area contributed by atoms with E-state index in [2.05, 4.69) is 48.7 Å². The molecule has 0 saturated heterocycles. The standard InChI is InChI=1S/C17H21ClN2/c1-12-7-8-15(11-13(12)2)19-9-10-20-17-6-4-5-16(18)14(17)3/h4-8,11,19-20H,9-10H2,1-3H3. The third-order valence-electron chi connectivity index (χ3n) is 3.54. The molecule has 0 aliphatic heterocycles. The third kappa shape index (κ3) is 3.67. The van der Waals surface area contributed by atoms with E-state index in [4.69, 9.17) is 11.6 Å². The highest BCUT2D eigenvalue weighted by atomic mass is 35.5. The number of hydrogen-bond donors (Lipinski definition) is 2. The predicted molar refractivity (Wildman–Crippen MR) is 89.1 cm³/mol. The summed E-state index contributed by atoms with van der Waals surface area (Å²) in [6.07, 6.45) is 0. The van der Waals surface area contributed by atoms with E-state index in [-0.39, 0.29) is 0 Å². The fraction of sp³-hybridized carbons (Fsp3) is 0.294. The number of halogens is 1. The maximum Gasteiger partial charge on any atom is 0.0455 e. The highest BCUT2D eigenvalue weighted by Gasteiger charge is 2.01. The highest BCUT2D eigenvalue weighted by Crippen LogP contribution is 2.22. The normalized spacial score (nSPS) is 10.4. The molecule has 0 fully saturated rings. The Hall–Kier alpha value is -1.67. The van der Waals surface area contributed by atoms with Gasteiger partial charge in [0.05, 0.1) is 0 Å². The Balaban J connectivity index is 1.84. The summed E-state index contributed by atoms with van der Waals surface area (Å²) in [5.41, 5.74) is 5.99. The number of anilines is 2. The minimum absolute atomic E-state index is 0.803. The van der Waals surface area contributed by atoms with Gasteiger partial charge in [-0.3, -0.25) is 0 Å². The second-order valence-electron chi connectivity index (χ2n) is 5.06. The van der Waals surface area contributed by atoms with Crippen molar-refractivity contribution in [2.45, 2.75) is 20.8 Å². The molecular formula is C17H21ClN2. The van der Waals surface area contributed by atoms with E-state index in [1.807, 2.05) is 19.1 Å². The SMILES string of the molecule is Cc1ccc(NCCNc2cccc(Cl)c2C)cc1C. The molecule has 0 spiro atoms. The first-order valence-corrected chi connectivity index (χ1v) is 7.26. The van der Waals surface area contributed by atoms with Crippen molar-refractivity contribution in [3.05, 3.63) is 58.1 Å². The minimum atomic E-state index is 0.803. The quantitative estimate of drug-likeness (QED) is 0.773. The first-order valence-electron chi connectivity index (χ1n) is 6.88. The lowest BCUT2D eigenvalue weighted by atomic mass is 10.1. The van der Waals surface area contributed by atoms with E-state index in [9.17, 15) is 0 Å². The number of hydrogen-bond acceptors (Lipinski definition) is 2. The van der Waals surface area contributed by atoms with Gasteiger partial charge in [-0.1, -0.05) is 23.7 Å². The van der Waals surface area contributed by atoms with E-state index >= 15 is 0 Å². The van der Waals surface area contributed by atoms with Crippen molar-refractivity contribution in [2.24, 2.45) is 0 Å². The Kier molecular flexibility index (Phi) is 4.91. The van der Waals surface area contributed by atoms with E-state index in [0.29, 0.717) is 0 Å². The van der Waals surface area contributed by atoms with Gasteiger partial charge < -0.3 is 10.6 Å². The predicted octanol–water partition coefficient (Wildman–Crippen LogP) is 4.79. The zero-order valence-electron chi connectivity index (χ0n) is 12.3. The second kappa shape index (κ2) is 6.67. The Morgan fingerprint density at radius 3 is 2.40 bits per heavy atom. The molecule has 0 aliphatic rings. The average Bonchev–Trinajstić information content (AvgIpc) is 2.43. The number of nitrogens with one attached hydrogen (secondary N) is 2. The Bertz CT molecular complexity index is 594. The summed E-state index contributed by atoms with van der Waals surface area (Å²) in [6.45, 7) is 8.01. The van der Waals surface area contributed by atoms with Crippen LogP contribution in [0.2, 0.25) is 5.02 Å². The van der Waals surface area contributed by atoms with Gasteiger partial charge in [-0.15, -0.1) is 0 Å². The molecule has 3 heteroatoms. The van der Waals surface area contributed by atoms with E-state index in [1.54, 1.807) is 0 Å². The number of benzene rings is 2. The van der Waals surface area contributed by atoms with Gasteiger partial charge in [0.1, 0.15) is 0 Å². The summed E-state index contributed by atoms with van der Waals surface area (Å²) in [4.78, 5) is 0. The fourth-order valence-corrected chi connectivity index (χ4v) is 2.23. The van der Waals surface area contributed by atoms with Crippen LogP contribution in [0.5, 0.6) is 0 Å². The molecule has 2 rings (SSSR count). The van der Waals surface area contributed by atoms with Crippen molar-refractivity contribution in [2.75, 3.05) is 23.7 Å². The molecule has 2 aromatic rings. The van der Waals surface area contributed by atoms with Crippen LogP contribution in [-0.4, -0.2) is 13.1 Å².